The first-order valence-corrected chi connectivity index (χ1v) is 8.29. The largest absolute Gasteiger partial charge is 0.398 e. The Kier molecular flexibility index (Phi) is 3.29. The lowest BCUT2D eigenvalue weighted by Gasteiger charge is -2.26. The molecule has 0 heterocycles. The minimum absolute atomic E-state index is 0.0999. The van der Waals surface area contributed by atoms with Crippen molar-refractivity contribution in [2.45, 2.75) is 38.0 Å². The number of carbonyl (C=O) groups excluding carboxylic acids is 2. The number of fused-ring (bicyclic) bond motifs is 2. The third kappa shape index (κ3) is 2.11. The van der Waals surface area contributed by atoms with Crippen LogP contribution >= 0.6 is 0 Å². The van der Waals surface area contributed by atoms with Crippen LogP contribution in [-0.4, -0.2) is 11.6 Å². The summed E-state index contributed by atoms with van der Waals surface area (Å²) in [5.41, 5.74) is 9.75. The number of anilines is 1. The average Bonchev–Trinajstić information content (AvgIpc) is 2.60. The normalized spacial score (nSPS) is 17.7. The maximum Gasteiger partial charge on any atom is 0.196 e. The molecule has 0 radical (unpaired) electrons. The van der Waals surface area contributed by atoms with E-state index in [4.69, 9.17) is 5.73 Å². The van der Waals surface area contributed by atoms with Crippen molar-refractivity contribution in [3.05, 3.63) is 64.2 Å². The van der Waals surface area contributed by atoms with Crippen LogP contribution in [0.5, 0.6) is 0 Å². The van der Waals surface area contributed by atoms with Gasteiger partial charge >= 0.3 is 0 Å². The molecule has 2 aliphatic carbocycles. The molecule has 0 aromatic heterocycles. The molecule has 0 atom stereocenters. The van der Waals surface area contributed by atoms with E-state index in [0.29, 0.717) is 33.9 Å². The van der Waals surface area contributed by atoms with Crippen LogP contribution in [0.3, 0.4) is 0 Å². The minimum Gasteiger partial charge on any atom is -0.398 e. The SMILES string of the molecule is Nc1c(C2CCCCC2)ccc2c1C(=O)c1ccccc1C2=O. The van der Waals surface area contributed by atoms with Gasteiger partial charge in [-0.25, -0.2) is 0 Å². The van der Waals surface area contributed by atoms with Gasteiger partial charge in [-0.2, -0.15) is 0 Å². The molecular formula is C20H19NO2. The highest BCUT2D eigenvalue weighted by Gasteiger charge is 2.32. The van der Waals surface area contributed by atoms with Crippen LogP contribution < -0.4 is 5.73 Å². The van der Waals surface area contributed by atoms with Crippen LogP contribution in [0.1, 0.15) is 75.4 Å². The van der Waals surface area contributed by atoms with Gasteiger partial charge in [0.25, 0.3) is 0 Å². The predicted octanol–water partition coefficient (Wildman–Crippen LogP) is 4.09. The van der Waals surface area contributed by atoms with Gasteiger partial charge < -0.3 is 5.73 Å². The minimum atomic E-state index is -0.120. The molecule has 2 aromatic carbocycles. The molecule has 2 N–H and O–H groups in total. The lowest BCUT2D eigenvalue weighted by molar-refractivity contribution is 0.0979. The second kappa shape index (κ2) is 5.34. The maximum atomic E-state index is 12.9. The topological polar surface area (TPSA) is 60.2 Å². The maximum absolute atomic E-state index is 12.9. The Balaban J connectivity index is 1.87. The lowest BCUT2D eigenvalue weighted by Crippen LogP contribution is -2.23. The van der Waals surface area contributed by atoms with E-state index in [-0.39, 0.29) is 11.6 Å². The van der Waals surface area contributed by atoms with Gasteiger partial charge in [-0.05, 0) is 30.4 Å². The molecule has 0 aliphatic heterocycles. The van der Waals surface area contributed by atoms with Gasteiger partial charge in [0.2, 0.25) is 0 Å². The highest BCUT2D eigenvalue weighted by molar-refractivity contribution is 6.30. The zero-order valence-corrected chi connectivity index (χ0v) is 13.0. The predicted molar refractivity (Wildman–Crippen MR) is 90.0 cm³/mol. The van der Waals surface area contributed by atoms with Crippen molar-refractivity contribution >= 4 is 17.3 Å². The molecule has 3 heteroatoms. The van der Waals surface area contributed by atoms with Gasteiger partial charge in [-0.15, -0.1) is 0 Å². The molecule has 2 aromatic rings. The number of rotatable bonds is 1. The summed E-state index contributed by atoms with van der Waals surface area (Å²) in [5, 5.41) is 0. The monoisotopic (exact) mass is 305 g/mol. The van der Waals surface area contributed by atoms with Gasteiger partial charge in [0.15, 0.2) is 11.6 Å². The molecule has 1 saturated carbocycles. The molecule has 0 bridgehead atoms. The Labute approximate surface area is 135 Å². The van der Waals surface area contributed by atoms with Crippen molar-refractivity contribution in [2.24, 2.45) is 0 Å². The zero-order chi connectivity index (χ0) is 16.0. The average molecular weight is 305 g/mol. The quantitative estimate of drug-likeness (QED) is 0.689. The zero-order valence-electron chi connectivity index (χ0n) is 13.0. The highest BCUT2D eigenvalue weighted by atomic mass is 16.1. The van der Waals surface area contributed by atoms with Crippen LogP contribution in [0.25, 0.3) is 0 Å². The molecule has 23 heavy (non-hydrogen) atoms. The van der Waals surface area contributed by atoms with Crippen molar-refractivity contribution < 1.29 is 9.59 Å². The first-order valence-electron chi connectivity index (χ1n) is 8.29. The van der Waals surface area contributed by atoms with Crippen LogP contribution in [0.15, 0.2) is 36.4 Å². The molecule has 0 amide bonds. The summed E-state index contributed by atoms with van der Waals surface area (Å²) in [6, 6.07) is 10.8. The number of nitrogen functional groups attached to an aromatic ring is 1. The Bertz CT molecular complexity index is 816. The highest BCUT2D eigenvalue weighted by Crippen LogP contribution is 2.40. The number of benzene rings is 2. The van der Waals surface area contributed by atoms with Gasteiger partial charge in [-0.3, -0.25) is 9.59 Å². The van der Waals surface area contributed by atoms with Gasteiger partial charge in [0.1, 0.15) is 0 Å². The Hall–Kier alpha value is -2.42. The van der Waals surface area contributed by atoms with E-state index >= 15 is 0 Å². The summed E-state index contributed by atoms with van der Waals surface area (Å²) < 4.78 is 0. The Morgan fingerprint density at radius 2 is 1.43 bits per heavy atom. The van der Waals surface area contributed by atoms with Crippen molar-refractivity contribution in [3.63, 3.8) is 0 Å². The first kappa shape index (κ1) is 14.2. The summed E-state index contributed by atoms with van der Waals surface area (Å²) in [4.78, 5) is 25.6. The third-order valence-electron chi connectivity index (χ3n) is 5.21. The van der Waals surface area contributed by atoms with E-state index in [9.17, 15) is 9.59 Å². The van der Waals surface area contributed by atoms with Gasteiger partial charge in [0.05, 0.1) is 5.56 Å². The molecule has 0 saturated heterocycles. The summed E-state index contributed by atoms with van der Waals surface area (Å²) >= 11 is 0. The van der Waals surface area contributed by atoms with Crippen molar-refractivity contribution in [2.75, 3.05) is 5.73 Å². The van der Waals surface area contributed by atoms with E-state index in [1.807, 2.05) is 6.07 Å². The van der Waals surface area contributed by atoms with E-state index in [2.05, 4.69) is 0 Å². The van der Waals surface area contributed by atoms with Crippen molar-refractivity contribution in [1.82, 2.24) is 0 Å². The van der Waals surface area contributed by atoms with E-state index < -0.39 is 0 Å². The second-order valence-corrected chi connectivity index (χ2v) is 6.53. The van der Waals surface area contributed by atoms with E-state index in [1.165, 1.54) is 19.3 Å². The van der Waals surface area contributed by atoms with Gasteiger partial charge in [-0.1, -0.05) is 49.6 Å². The number of nitrogens with two attached hydrogens (primary N) is 1. The Morgan fingerprint density at radius 1 is 0.783 bits per heavy atom. The van der Waals surface area contributed by atoms with Crippen LogP contribution in [0, 0.1) is 0 Å². The molecule has 4 rings (SSSR count). The number of ketones is 2. The summed E-state index contributed by atoms with van der Waals surface area (Å²) in [7, 11) is 0. The molecule has 116 valence electrons. The molecule has 0 spiro atoms. The third-order valence-corrected chi connectivity index (χ3v) is 5.21. The van der Waals surface area contributed by atoms with Crippen molar-refractivity contribution in [1.29, 1.82) is 0 Å². The summed E-state index contributed by atoms with van der Waals surface area (Å²) in [6.45, 7) is 0. The standard InChI is InChI=1S/C20H19NO2/c21-18-13(12-6-2-1-3-7-12)10-11-16-17(18)20(23)15-9-5-4-8-14(15)19(16)22/h4-5,8-12H,1-3,6-7,21H2. The molecule has 2 aliphatic rings. The summed E-state index contributed by atoms with van der Waals surface area (Å²) in [5.74, 6) is 0.191. The number of carbonyl (C=O) groups is 2. The fraction of sp³-hybridized carbons (Fsp3) is 0.300. The smallest absolute Gasteiger partial charge is 0.196 e. The van der Waals surface area contributed by atoms with E-state index in [0.717, 1.165) is 18.4 Å². The summed E-state index contributed by atoms with van der Waals surface area (Å²) in [6.07, 6.45) is 5.91. The van der Waals surface area contributed by atoms with E-state index in [1.54, 1.807) is 30.3 Å². The number of hydrogen-bond donors (Lipinski definition) is 1. The molecular weight excluding hydrogens is 286 g/mol. The van der Waals surface area contributed by atoms with Crippen LogP contribution in [0.4, 0.5) is 5.69 Å². The number of hydrogen-bond acceptors (Lipinski definition) is 3. The molecule has 1 fully saturated rings. The molecule has 0 unspecified atom stereocenters. The van der Waals surface area contributed by atoms with Crippen LogP contribution in [-0.2, 0) is 0 Å². The lowest BCUT2D eigenvalue weighted by atomic mass is 9.78. The van der Waals surface area contributed by atoms with Crippen molar-refractivity contribution in [3.8, 4) is 0 Å². The molecule has 3 nitrogen and oxygen atoms in total. The fourth-order valence-electron chi connectivity index (χ4n) is 4.00. The van der Waals surface area contributed by atoms with Gasteiger partial charge in [0, 0.05) is 22.4 Å². The van der Waals surface area contributed by atoms with Crippen LogP contribution in [0.2, 0.25) is 0 Å². The fourth-order valence-corrected chi connectivity index (χ4v) is 4.00. The first-order chi connectivity index (χ1) is 11.2. The second-order valence-electron chi connectivity index (χ2n) is 6.53. The Morgan fingerprint density at radius 3 is 2.13 bits per heavy atom.